The molecule has 0 aliphatic heterocycles. The Morgan fingerprint density at radius 3 is 2.44 bits per heavy atom. The quantitative estimate of drug-likeness (QED) is 0.454. The molecule has 0 spiro atoms. The molecule has 1 aliphatic carbocycles. The highest BCUT2D eigenvalue weighted by atomic mass is 35.5. The van der Waals surface area contributed by atoms with E-state index in [0.717, 1.165) is 12.8 Å². The Morgan fingerprint density at radius 2 is 2.06 bits per heavy atom. The first-order valence-electron chi connectivity index (χ1n) is 4.65. The topological polar surface area (TPSA) is 62.2 Å². The molecule has 4 nitrogen and oxygen atoms in total. The number of carbonyl (C=O) groups excluding carboxylic acids is 1. The number of esters is 1. The fourth-order valence-corrected chi connectivity index (χ4v) is 1.32. The van der Waals surface area contributed by atoms with Crippen molar-refractivity contribution >= 4 is 34.3 Å². The van der Waals surface area contributed by atoms with Gasteiger partial charge in [-0.15, -0.1) is 0 Å². The number of rotatable bonds is 5. The van der Waals surface area contributed by atoms with Gasteiger partial charge < -0.3 is 10.1 Å². The molecular formula is C10H12Cl2N2O2. The lowest BCUT2D eigenvalue weighted by Crippen LogP contribution is -2.23. The molecule has 0 aromatic heterocycles. The number of halogens is 2. The Labute approximate surface area is 104 Å². The van der Waals surface area contributed by atoms with Crippen LogP contribution in [0, 0.1) is 11.3 Å². The van der Waals surface area contributed by atoms with Crippen LogP contribution in [0.3, 0.4) is 0 Å². The molecule has 0 aromatic rings. The summed E-state index contributed by atoms with van der Waals surface area (Å²) in [6, 6.07) is 0. The van der Waals surface area contributed by atoms with Gasteiger partial charge in [-0.05, 0) is 18.8 Å². The van der Waals surface area contributed by atoms with Crippen molar-refractivity contribution in [2.75, 3.05) is 7.11 Å². The predicted octanol–water partition coefficient (Wildman–Crippen LogP) is 2.34. The summed E-state index contributed by atoms with van der Waals surface area (Å²) >= 11 is 11.2. The maximum atomic E-state index is 11.4. The van der Waals surface area contributed by atoms with Crippen LogP contribution < -0.4 is 5.32 Å². The average Bonchev–Trinajstić information content (AvgIpc) is 3.06. The van der Waals surface area contributed by atoms with Crippen LogP contribution >= 0.6 is 23.2 Å². The molecule has 0 atom stereocenters. The molecule has 0 aromatic carbocycles. The van der Waals surface area contributed by atoms with Gasteiger partial charge in [0.2, 0.25) is 0 Å². The minimum absolute atomic E-state index is 0.0407. The molecule has 0 unspecified atom stereocenters. The molecule has 1 aliphatic rings. The van der Waals surface area contributed by atoms with Crippen LogP contribution in [0.1, 0.15) is 12.8 Å². The molecule has 88 valence electrons. The highest BCUT2D eigenvalue weighted by Gasteiger charge is 2.27. The Balaban J connectivity index is 2.86. The number of ether oxygens (including phenoxy) is 1. The molecule has 6 heteroatoms. The number of hydrogen-bond donors (Lipinski definition) is 2. The van der Waals surface area contributed by atoms with Crippen LogP contribution in [0.2, 0.25) is 0 Å². The number of carbonyl (C=O) groups is 1. The van der Waals surface area contributed by atoms with Crippen molar-refractivity contribution in [3.05, 3.63) is 23.0 Å². The van der Waals surface area contributed by atoms with Crippen molar-refractivity contribution in [2.45, 2.75) is 12.8 Å². The van der Waals surface area contributed by atoms with Gasteiger partial charge in [0, 0.05) is 5.70 Å². The van der Waals surface area contributed by atoms with Gasteiger partial charge in [0.15, 0.2) is 0 Å². The number of methoxy groups -OCH3 is 1. The van der Waals surface area contributed by atoms with Crippen molar-refractivity contribution in [3.63, 3.8) is 0 Å². The number of hydrogen-bond acceptors (Lipinski definition) is 4. The standard InChI is InChI=1S/C10H12Cl2N2O2/c1-5(6-3-4-6)14-8(10(15)16-2)7(11)9(12)13/h6,13-14H,1,3-4H2,2H3. The second kappa shape index (κ2) is 5.37. The third-order valence-electron chi connectivity index (χ3n) is 2.16. The summed E-state index contributed by atoms with van der Waals surface area (Å²) in [5.74, 6) is -0.314. The summed E-state index contributed by atoms with van der Waals surface area (Å²) in [7, 11) is 1.23. The van der Waals surface area contributed by atoms with Crippen molar-refractivity contribution in [1.82, 2.24) is 5.32 Å². The van der Waals surface area contributed by atoms with E-state index in [1.165, 1.54) is 7.11 Å². The van der Waals surface area contributed by atoms with E-state index in [9.17, 15) is 4.79 Å². The van der Waals surface area contributed by atoms with E-state index >= 15 is 0 Å². The fraction of sp³-hybridized carbons (Fsp3) is 0.400. The second-order valence-corrected chi connectivity index (χ2v) is 4.17. The molecule has 1 saturated carbocycles. The summed E-state index contributed by atoms with van der Waals surface area (Å²) in [6.45, 7) is 3.79. The van der Waals surface area contributed by atoms with Crippen molar-refractivity contribution in [1.29, 1.82) is 5.41 Å². The van der Waals surface area contributed by atoms with Gasteiger partial charge in [-0.3, -0.25) is 5.41 Å². The van der Waals surface area contributed by atoms with E-state index in [1.54, 1.807) is 0 Å². The zero-order valence-corrected chi connectivity index (χ0v) is 10.3. The Bertz CT molecular complexity index is 373. The molecule has 0 heterocycles. The normalized spacial score (nSPS) is 16.2. The van der Waals surface area contributed by atoms with Gasteiger partial charge in [-0.25, -0.2) is 4.79 Å². The zero-order valence-electron chi connectivity index (χ0n) is 8.77. The smallest absolute Gasteiger partial charge is 0.356 e. The minimum atomic E-state index is -0.669. The van der Waals surface area contributed by atoms with Crippen LogP contribution in [0.4, 0.5) is 0 Å². The largest absolute Gasteiger partial charge is 0.464 e. The molecule has 2 N–H and O–H groups in total. The Hall–Kier alpha value is -1.000. The summed E-state index contributed by atoms with van der Waals surface area (Å²) in [5, 5.41) is 9.34. The van der Waals surface area contributed by atoms with E-state index in [1.807, 2.05) is 0 Å². The first kappa shape index (κ1) is 13.1. The van der Waals surface area contributed by atoms with Gasteiger partial charge in [0.25, 0.3) is 0 Å². The molecule has 16 heavy (non-hydrogen) atoms. The molecule has 0 saturated heterocycles. The van der Waals surface area contributed by atoms with E-state index < -0.39 is 11.1 Å². The fourth-order valence-electron chi connectivity index (χ4n) is 1.10. The van der Waals surface area contributed by atoms with Crippen molar-refractivity contribution in [3.8, 4) is 0 Å². The SMILES string of the molecule is C=C(NC(C(=O)OC)=C(Cl)C(=N)Cl)C1CC1. The summed E-state index contributed by atoms with van der Waals surface area (Å²) in [4.78, 5) is 11.4. The number of allylic oxidation sites excluding steroid dienone is 2. The average molecular weight is 263 g/mol. The van der Waals surface area contributed by atoms with E-state index in [0.29, 0.717) is 11.6 Å². The number of nitrogens with one attached hydrogen (secondary N) is 2. The minimum Gasteiger partial charge on any atom is -0.464 e. The van der Waals surface area contributed by atoms with Crippen molar-refractivity contribution < 1.29 is 9.53 Å². The van der Waals surface area contributed by atoms with Crippen LogP contribution in [0.15, 0.2) is 23.0 Å². The second-order valence-electron chi connectivity index (χ2n) is 3.42. The van der Waals surface area contributed by atoms with Crippen LogP contribution in [0.5, 0.6) is 0 Å². The Kier molecular flexibility index (Phi) is 4.38. The van der Waals surface area contributed by atoms with E-state index in [4.69, 9.17) is 28.6 Å². The van der Waals surface area contributed by atoms with Crippen molar-refractivity contribution in [2.24, 2.45) is 5.92 Å². The van der Waals surface area contributed by atoms with Crippen LogP contribution in [0.25, 0.3) is 0 Å². The van der Waals surface area contributed by atoms with E-state index in [2.05, 4.69) is 16.6 Å². The molecule has 0 amide bonds. The molecule has 0 bridgehead atoms. The first-order valence-corrected chi connectivity index (χ1v) is 5.41. The maximum Gasteiger partial charge on any atom is 0.356 e. The lowest BCUT2D eigenvalue weighted by molar-refractivity contribution is -0.136. The summed E-state index contributed by atoms with van der Waals surface area (Å²) in [6.07, 6.45) is 2.08. The molecule has 1 fully saturated rings. The third-order valence-corrected chi connectivity index (χ3v) is 2.82. The molecular weight excluding hydrogens is 251 g/mol. The van der Waals surface area contributed by atoms with Gasteiger partial charge in [0.1, 0.15) is 15.9 Å². The molecule has 0 radical (unpaired) electrons. The highest BCUT2D eigenvalue weighted by molar-refractivity contribution is 6.75. The van der Waals surface area contributed by atoms with Crippen LogP contribution in [-0.4, -0.2) is 18.2 Å². The monoisotopic (exact) mass is 262 g/mol. The van der Waals surface area contributed by atoms with Gasteiger partial charge in [-0.2, -0.15) is 0 Å². The van der Waals surface area contributed by atoms with Gasteiger partial charge in [0.05, 0.1) is 7.11 Å². The first-order chi connectivity index (χ1) is 7.47. The molecule has 1 rings (SSSR count). The lowest BCUT2D eigenvalue weighted by Gasteiger charge is -2.12. The predicted molar refractivity (Wildman–Crippen MR) is 63.5 cm³/mol. The maximum absolute atomic E-state index is 11.4. The third kappa shape index (κ3) is 3.25. The lowest BCUT2D eigenvalue weighted by atomic mass is 10.3. The van der Waals surface area contributed by atoms with E-state index in [-0.39, 0.29) is 10.7 Å². The summed E-state index contributed by atoms with van der Waals surface area (Å²) in [5.41, 5.74) is 0.650. The van der Waals surface area contributed by atoms with Gasteiger partial charge in [-0.1, -0.05) is 29.8 Å². The zero-order chi connectivity index (χ0) is 12.3. The Morgan fingerprint density at radius 1 is 1.50 bits per heavy atom. The van der Waals surface area contributed by atoms with Crippen LogP contribution in [-0.2, 0) is 9.53 Å². The highest BCUT2D eigenvalue weighted by Crippen LogP contribution is 2.34. The van der Waals surface area contributed by atoms with Gasteiger partial charge >= 0.3 is 5.97 Å². The summed E-state index contributed by atoms with van der Waals surface area (Å²) < 4.78 is 4.54.